The van der Waals surface area contributed by atoms with Crippen molar-refractivity contribution in [2.45, 2.75) is 25.3 Å². The van der Waals surface area contributed by atoms with Crippen molar-refractivity contribution in [2.24, 2.45) is 5.92 Å². The maximum Gasteiger partial charge on any atom is 0.255 e. The van der Waals surface area contributed by atoms with Gasteiger partial charge in [0.1, 0.15) is 0 Å². The van der Waals surface area contributed by atoms with Gasteiger partial charge in [0.2, 0.25) is 0 Å². The quantitative estimate of drug-likeness (QED) is 0.362. The van der Waals surface area contributed by atoms with E-state index in [1.165, 1.54) is 11.1 Å². The molecule has 43 heavy (non-hydrogen) atoms. The third kappa shape index (κ3) is 5.36. The molecule has 1 fully saturated rings. The maximum absolute atomic E-state index is 13.7. The molecule has 0 spiro atoms. The molecule has 2 bridgehead atoms. The predicted molar refractivity (Wildman–Crippen MR) is 167 cm³/mol. The number of hydrogen-bond donors (Lipinski definition) is 1. The number of anilines is 2. The molecule has 2 unspecified atom stereocenters. The third-order valence-corrected chi connectivity index (χ3v) is 8.90. The Bertz CT molecular complexity index is 1770. The first kappa shape index (κ1) is 26.9. The van der Waals surface area contributed by atoms with Gasteiger partial charge < -0.3 is 19.7 Å². The Balaban J connectivity index is 1.18. The molecule has 7 rings (SSSR count). The van der Waals surface area contributed by atoms with Crippen molar-refractivity contribution in [3.05, 3.63) is 130 Å². The van der Waals surface area contributed by atoms with E-state index in [9.17, 15) is 14.4 Å². The molecule has 8 heteroatoms. The Kier molecular flexibility index (Phi) is 7.10. The molecule has 2 atom stereocenters. The Morgan fingerprint density at radius 1 is 0.860 bits per heavy atom. The van der Waals surface area contributed by atoms with Crippen LogP contribution in [0.1, 0.15) is 50.7 Å². The highest BCUT2D eigenvalue weighted by molar-refractivity contribution is 6.07. The van der Waals surface area contributed by atoms with Gasteiger partial charge in [-0.15, -0.1) is 0 Å². The van der Waals surface area contributed by atoms with Crippen LogP contribution in [-0.4, -0.2) is 52.4 Å². The summed E-state index contributed by atoms with van der Waals surface area (Å²) in [7, 11) is 0. The molecule has 3 aliphatic heterocycles. The number of rotatable bonds is 5. The standard InChI is InChI=1S/C35H33N5O3/c41-33-8-4-7-31-29-19-24(22-40(31)33)21-39(23-29)32-10-9-28(20-30(32)37-34(42)27-11-15-36-16-12-27)35(43)38-17-13-26(14-18-38)25-5-2-1-3-6-25/h1-13,15-16,20,24,29H,14,17-19,21-23H2,(H,37,42). The number of aromatic nitrogens is 2. The topological polar surface area (TPSA) is 87.5 Å². The summed E-state index contributed by atoms with van der Waals surface area (Å²) >= 11 is 0. The summed E-state index contributed by atoms with van der Waals surface area (Å²) < 4.78 is 1.92. The van der Waals surface area contributed by atoms with Gasteiger partial charge in [0.25, 0.3) is 17.4 Å². The zero-order valence-electron chi connectivity index (χ0n) is 23.9. The molecule has 5 heterocycles. The van der Waals surface area contributed by atoms with Crippen molar-refractivity contribution >= 4 is 28.8 Å². The van der Waals surface area contributed by atoms with E-state index in [0.717, 1.165) is 37.3 Å². The summed E-state index contributed by atoms with van der Waals surface area (Å²) in [4.78, 5) is 47.7. The lowest BCUT2D eigenvalue weighted by Crippen LogP contribution is -2.47. The van der Waals surface area contributed by atoms with E-state index in [-0.39, 0.29) is 23.3 Å². The van der Waals surface area contributed by atoms with E-state index in [1.54, 1.807) is 30.6 Å². The molecular weight excluding hydrogens is 538 g/mol. The molecule has 216 valence electrons. The number of benzene rings is 2. The first-order valence-corrected chi connectivity index (χ1v) is 14.9. The monoisotopic (exact) mass is 571 g/mol. The average Bonchev–Trinajstić information content (AvgIpc) is 3.06. The molecule has 3 aliphatic rings. The Labute approximate surface area is 250 Å². The van der Waals surface area contributed by atoms with Gasteiger partial charge in [-0.2, -0.15) is 0 Å². The second kappa shape index (κ2) is 11.4. The lowest BCUT2D eigenvalue weighted by molar-refractivity contribution is 0.0772. The van der Waals surface area contributed by atoms with Crippen LogP contribution in [-0.2, 0) is 6.54 Å². The molecule has 2 aromatic carbocycles. The number of nitrogens with one attached hydrogen (secondary N) is 1. The van der Waals surface area contributed by atoms with Gasteiger partial charge in [-0.3, -0.25) is 19.4 Å². The first-order chi connectivity index (χ1) is 21.0. The van der Waals surface area contributed by atoms with Crippen LogP contribution in [0.15, 0.2) is 102 Å². The molecule has 1 N–H and O–H groups in total. The number of hydrogen-bond acceptors (Lipinski definition) is 5. The average molecular weight is 572 g/mol. The molecule has 8 nitrogen and oxygen atoms in total. The van der Waals surface area contributed by atoms with Crippen LogP contribution in [0.4, 0.5) is 11.4 Å². The van der Waals surface area contributed by atoms with Crippen molar-refractivity contribution in [2.75, 3.05) is 36.4 Å². The van der Waals surface area contributed by atoms with Crippen LogP contribution in [0, 0.1) is 5.92 Å². The molecule has 4 aromatic rings. The van der Waals surface area contributed by atoms with E-state index >= 15 is 0 Å². The van der Waals surface area contributed by atoms with Crippen LogP contribution in [0.5, 0.6) is 0 Å². The van der Waals surface area contributed by atoms with Crippen LogP contribution < -0.4 is 15.8 Å². The highest BCUT2D eigenvalue weighted by Gasteiger charge is 2.35. The number of amides is 2. The number of carbonyl (C=O) groups excluding carboxylic acids is 2. The molecule has 0 radical (unpaired) electrons. The highest BCUT2D eigenvalue weighted by Crippen LogP contribution is 2.39. The minimum absolute atomic E-state index is 0.0530. The lowest BCUT2D eigenvalue weighted by Gasteiger charge is -2.44. The Hall–Kier alpha value is -4.98. The lowest BCUT2D eigenvalue weighted by atomic mass is 9.83. The van der Waals surface area contributed by atoms with Crippen molar-refractivity contribution in [3.63, 3.8) is 0 Å². The van der Waals surface area contributed by atoms with Crippen LogP contribution in [0.2, 0.25) is 0 Å². The zero-order chi connectivity index (χ0) is 29.3. The van der Waals surface area contributed by atoms with Gasteiger partial charge in [0, 0.05) is 73.9 Å². The Morgan fingerprint density at radius 3 is 2.49 bits per heavy atom. The van der Waals surface area contributed by atoms with E-state index < -0.39 is 0 Å². The molecule has 1 saturated heterocycles. The maximum atomic E-state index is 13.7. The smallest absolute Gasteiger partial charge is 0.255 e. The summed E-state index contributed by atoms with van der Waals surface area (Å²) in [5.74, 6) is 0.217. The second-order valence-electron chi connectivity index (χ2n) is 11.6. The first-order valence-electron chi connectivity index (χ1n) is 14.9. The number of carbonyl (C=O) groups is 2. The van der Waals surface area contributed by atoms with Crippen LogP contribution in [0.3, 0.4) is 0 Å². The van der Waals surface area contributed by atoms with Crippen LogP contribution >= 0.6 is 0 Å². The molecule has 2 amide bonds. The predicted octanol–water partition coefficient (Wildman–Crippen LogP) is 5.05. The number of fused-ring (bicyclic) bond motifs is 4. The largest absolute Gasteiger partial charge is 0.369 e. The minimum atomic E-state index is -0.254. The molecular formula is C35H33N5O3. The fourth-order valence-corrected chi connectivity index (χ4v) is 6.79. The number of nitrogens with zero attached hydrogens (tertiary/aromatic N) is 4. The van der Waals surface area contributed by atoms with Crippen molar-refractivity contribution in [3.8, 4) is 0 Å². The van der Waals surface area contributed by atoms with Crippen molar-refractivity contribution < 1.29 is 9.59 Å². The summed E-state index contributed by atoms with van der Waals surface area (Å²) in [6.07, 6.45) is 7.14. The van der Waals surface area contributed by atoms with Gasteiger partial charge >= 0.3 is 0 Å². The van der Waals surface area contributed by atoms with Crippen molar-refractivity contribution in [1.82, 2.24) is 14.5 Å². The van der Waals surface area contributed by atoms with E-state index in [0.29, 0.717) is 42.4 Å². The minimum Gasteiger partial charge on any atom is -0.369 e. The highest BCUT2D eigenvalue weighted by atomic mass is 16.2. The van der Waals surface area contributed by atoms with Gasteiger partial charge in [0.05, 0.1) is 11.4 Å². The zero-order valence-corrected chi connectivity index (χ0v) is 23.9. The van der Waals surface area contributed by atoms with E-state index in [4.69, 9.17) is 0 Å². The SMILES string of the molecule is O=C(Nc1cc(C(=O)N2CC=C(c3ccccc3)CC2)ccc1N1CC2CC(C1)c1cccc(=O)n1C2)c1ccncc1. The third-order valence-electron chi connectivity index (χ3n) is 8.90. The van der Waals surface area contributed by atoms with E-state index in [2.05, 4.69) is 39.5 Å². The normalized spacial score (nSPS) is 19.3. The van der Waals surface area contributed by atoms with E-state index in [1.807, 2.05) is 51.9 Å². The van der Waals surface area contributed by atoms with Gasteiger partial charge in [-0.1, -0.05) is 42.5 Å². The number of piperidine rings is 1. The fourth-order valence-electron chi connectivity index (χ4n) is 6.79. The number of pyridine rings is 2. The van der Waals surface area contributed by atoms with Gasteiger partial charge in [-0.25, -0.2) is 0 Å². The molecule has 0 saturated carbocycles. The Morgan fingerprint density at radius 2 is 1.70 bits per heavy atom. The summed E-state index contributed by atoms with van der Waals surface area (Å²) in [5, 5.41) is 3.10. The van der Waals surface area contributed by atoms with Crippen LogP contribution in [0.25, 0.3) is 5.57 Å². The van der Waals surface area contributed by atoms with Crippen molar-refractivity contribution in [1.29, 1.82) is 0 Å². The van der Waals surface area contributed by atoms with Gasteiger partial charge in [-0.05, 0) is 66.3 Å². The molecule has 2 aromatic heterocycles. The molecule has 0 aliphatic carbocycles. The second-order valence-corrected chi connectivity index (χ2v) is 11.6. The summed E-state index contributed by atoms with van der Waals surface area (Å²) in [6, 6.07) is 24.8. The summed E-state index contributed by atoms with van der Waals surface area (Å²) in [5.41, 5.74) is 6.09. The van der Waals surface area contributed by atoms with Gasteiger partial charge in [0.15, 0.2) is 0 Å². The summed E-state index contributed by atoms with van der Waals surface area (Å²) in [6.45, 7) is 3.35. The fraction of sp³-hybridized carbons (Fsp3) is 0.257.